The van der Waals surface area contributed by atoms with E-state index in [2.05, 4.69) is 13.3 Å². The first-order valence-corrected chi connectivity index (χ1v) is 8.95. The Labute approximate surface area is 128 Å². The summed E-state index contributed by atoms with van der Waals surface area (Å²) in [5.41, 5.74) is 14.3. The van der Waals surface area contributed by atoms with E-state index in [1.165, 1.54) is 12.8 Å². The molecule has 4 N–H and O–H groups in total. The van der Waals surface area contributed by atoms with Gasteiger partial charge in [0.15, 0.2) is 0 Å². The van der Waals surface area contributed by atoms with Crippen molar-refractivity contribution in [1.82, 2.24) is 0 Å². The van der Waals surface area contributed by atoms with Gasteiger partial charge in [-0.2, -0.15) is 0 Å². The second kappa shape index (κ2) is 8.38. The summed E-state index contributed by atoms with van der Waals surface area (Å²) in [5.74, 6) is 0. The maximum atomic E-state index is 6.18. The van der Waals surface area contributed by atoms with Gasteiger partial charge in [-0.05, 0) is 18.4 Å². The van der Waals surface area contributed by atoms with Crippen molar-refractivity contribution in [2.75, 3.05) is 32.8 Å². The number of anilines is 2. The van der Waals surface area contributed by atoms with E-state index >= 15 is 0 Å². The second-order valence-corrected chi connectivity index (χ2v) is 7.77. The maximum Gasteiger partial charge on any atom is 0.538 e. The monoisotopic (exact) mass is 311 g/mol. The van der Waals surface area contributed by atoms with Crippen LogP contribution in [0.2, 0.25) is 0 Å². The molecule has 0 aliphatic carbocycles. The molecule has 5 nitrogen and oxygen atoms in total. The molecule has 0 unspecified atom stereocenters. The smallest absolute Gasteiger partial charge is 0.397 e. The molecular weight excluding hydrogens is 284 g/mol. The average Bonchev–Trinajstić information content (AvgIpc) is 2.51. The lowest BCUT2D eigenvalue weighted by Crippen LogP contribution is -2.55. The van der Waals surface area contributed by atoms with E-state index in [4.69, 9.17) is 24.7 Å². The predicted octanol–water partition coefficient (Wildman–Crippen LogP) is 2.07. The lowest BCUT2D eigenvalue weighted by Gasteiger charge is -2.26. The molecule has 0 aromatic heterocycles. The number of hydrogen-bond donors (Lipinski definition) is 2. The number of benzene rings is 1. The van der Waals surface area contributed by atoms with Gasteiger partial charge in [-0.1, -0.05) is 38.3 Å². The fourth-order valence-electron chi connectivity index (χ4n) is 2.33. The normalized spacial score (nSPS) is 11.8. The van der Waals surface area contributed by atoms with Gasteiger partial charge in [-0.15, -0.1) is 0 Å². The van der Waals surface area contributed by atoms with Crippen LogP contribution in [0.5, 0.6) is 0 Å². The largest absolute Gasteiger partial charge is 0.538 e. The third-order valence-electron chi connectivity index (χ3n) is 3.63. The Balaban J connectivity index is 2.99. The quantitative estimate of drug-likeness (QED) is 0.414. The first-order chi connectivity index (χ1) is 10.1. The second-order valence-electron chi connectivity index (χ2n) is 4.90. The molecule has 0 saturated heterocycles. The molecule has 0 fully saturated rings. The Hall–Kier alpha value is -1.08. The number of rotatable bonds is 9. The minimum Gasteiger partial charge on any atom is -0.397 e. The summed E-state index contributed by atoms with van der Waals surface area (Å²) in [7, 11) is 1.71. The van der Waals surface area contributed by atoms with Gasteiger partial charge in [0.05, 0.1) is 11.4 Å². The van der Waals surface area contributed by atoms with Gasteiger partial charge in [-0.3, -0.25) is 0 Å². The van der Waals surface area contributed by atoms with Crippen LogP contribution in [0.1, 0.15) is 38.2 Å². The summed E-state index contributed by atoms with van der Waals surface area (Å²) in [6.07, 6.45) is 6.70. The van der Waals surface area contributed by atoms with Crippen molar-refractivity contribution >= 4 is 25.4 Å². The molecule has 0 spiro atoms. The molecule has 21 heavy (non-hydrogen) atoms. The maximum absolute atomic E-state index is 6.18. The fourth-order valence-corrected chi connectivity index (χ4v) is 4.24. The highest BCUT2D eigenvalue weighted by molar-refractivity contribution is 6.76. The molecule has 1 rings (SSSR count). The number of nitrogens with two attached hydrogens (primary N) is 2. The first kappa shape index (κ1) is 18.0. The Morgan fingerprint density at radius 3 is 2.14 bits per heavy atom. The summed E-state index contributed by atoms with van der Waals surface area (Å²) >= 11 is 0. The van der Waals surface area contributed by atoms with Crippen molar-refractivity contribution in [3.8, 4) is 0 Å². The highest BCUT2D eigenvalue weighted by Crippen LogP contribution is 2.24. The van der Waals surface area contributed by atoms with Crippen LogP contribution >= 0.6 is 0 Å². The van der Waals surface area contributed by atoms with E-state index in [-0.39, 0.29) is 0 Å². The predicted molar refractivity (Wildman–Crippen MR) is 89.2 cm³/mol. The van der Waals surface area contributed by atoms with Crippen LogP contribution in [-0.2, 0) is 13.3 Å². The van der Waals surface area contributed by atoms with Gasteiger partial charge < -0.3 is 24.7 Å². The van der Waals surface area contributed by atoms with Crippen LogP contribution in [-0.4, -0.2) is 30.1 Å². The molecule has 0 saturated carbocycles. The lowest BCUT2D eigenvalue weighted by molar-refractivity contribution is 0.140. The van der Waals surface area contributed by atoms with Crippen molar-refractivity contribution < 1.29 is 13.3 Å². The van der Waals surface area contributed by atoms with Crippen molar-refractivity contribution in [2.45, 2.75) is 32.6 Å². The van der Waals surface area contributed by atoms with Gasteiger partial charge in [0.2, 0.25) is 0 Å². The fraction of sp³-hybridized carbons (Fsp3) is 0.533. The van der Waals surface area contributed by atoms with Crippen molar-refractivity contribution in [2.24, 2.45) is 0 Å². The molecule has 6 heteroatoms. The van der Waals surface area contributed by atoms with Crippen LogP contribution in [0.15, 0.2) is 12.1 Å². The minimum atomic E-state index is -2.96. The van der Waals surface area contributed by atoms with Crippen LogP contribution in [0.25, 0.3) is 0 Å². The van der Waals surface area contributed by atoms with E-state index in [0.29, 0.717) is 16.6 Å². The zero-order valence-electron chi connectivity index (χ0n) is 13.4. The number of unbranched alkanes of at least 4 members (excludes halogenated alkanes) is 3. The molecule has 0 heterocycles. The van der Waals surface area contributed by atoms with E-state index in [0.717, 1.165) is 18.4 Å². The zero-order valence-corrected chi connectivity index (χ0v) is 14.4. The van der Waals surface area contributed by atoms with Gasteiger partial charge in [-0.25, -0.2) is 0 Å². The van der Waals surface area contributed by atoms with Gasteiger partial charge in [0.1, 0.15) is 0 Å². The highest BCUT2D eigenvalue weighted by Gasteiger charge is 2.43. The van der Waals surface area contributed by atoms with Gasteiger partial charge >= 0.3 is 8.80 Å². The van der Waals surface area contributed by atoms with Crippen LogP contribution < -0.4 is 16.7 Å². The molecule has 0 atom stereocenters. The molecule has 0 aliphatic rings. The zero-order chi connectivity index (χ0) is 15.9. The molecule has 0 aliphatic heterocycles. The Morgan fingerprint density at radius 1 is 1.00 bits per heavy atom. The summed E-state index contributed by atoms with van der Waals surface area (Å²) in [5, 5.41) is 0.707. The summed E-state index contributed by atoms with van der Waals surface area (Å²) in [6, 6.07) is 3.84. The van der Waals surface area contributed by atoms with E-state index < -0.39 is 8.80 Å². The Bertz CT molecular complexity index is 443. The average molecular weight is 311 g/mol. The van der Waals surface area contributed by atoms with Crippen molar-refractivity contribution in [1.29, 1.82) is 0 Å². The lowest BCUT2D eigenvalue weighted by atomic mass is 10.0. The number of nitrogen functional groups attached to an aromatic ring is 2. The topological polar surface area (TPSA) is 79.7 Å². The van der Waals surface area contributed by atoms with Crippen LogP contribution in [0.3, 0.4) is 0 Å². The standard InChI is InChI=1S/C15H27N2O3Si/c1-5-6-7-8-9-12-10-11-13(15(17)14(12)16)21(18-2,19-3)20-4/h9-11H,5-8,16-17H2,1-4H3. The van der Waals surface area contributed by atoms with Gasteiger partial charge in [0.25, 0.3) is 0 Å². The molecule has 1 aromatic carbocycles. The summed E-state index contributed by atoms with van der Waals surface area (Å²) in [6.45, 7) is 2.19. The Morgan fingerprint density at radius 2 is 1.62 bits per heavy atom. The van der Waals surface area contributed by atoms with Crippen molar-refractivity contribution in [3.05, 3.63) is 24.1 Å². The van der Waals surface area contributed by atoms with Crippen molar-refractivity contribution in [3.63, 3.8) is 0 Å². The molecule has 0 amide bonds. The third-order valence-corrected chi connectivity index (χ3v) is 6.34. The number of hydrogen-bond acceptors (Lipinski definition) is 5. The third kappa shape index (κ3) is 3.97. The molecule has 1 aromatic rings. The van der Waals surface area contributed by atoms with E-state index in [1.54, 1.807) is 21.3 Å². The summed E-state index contributed by atoms with van der Waals surface area (Å²) in [4.78, 5) is 0. The molecule has 119 valence electrons. The highest BCUT2D eigenvalue weighted by atomic mass is 28.4. The first-order valence-electron chi connectivity index (χ1n) is 7.23. The summed E-state index contributed by atoms with van der Waals surface area (Å²) < 4.78 is 16.4. The molecule has 0 bridgehead atoms. The van der Waals surface area contributed by atoms with Crippen LogP contribution in [0.4, 0.5) is 11.4 Å². The SMILES string of the molecule is CCCCC[CH]c1ccc([Si](OC)(OC)OC)c(N)c1N. The van der Waals surface area contributed by atoms with Gasteiger partial charge in [0, 0.05) is 26.5 Å². The minimum absolute atomic E-state index is 0.483. The van der Waals surface area contributed by atoms with Crippen LogP contribution in [0, 0.1) is 6.42 Å². The molecular formula is C15H27N2O3Si. The molecule has 1 radical (unpaired) electrons. The Kier molecular flexibility index (Phi) is 7.17. The van der Waals surface area contributed by atoms with E-state index in [1.807, 2.05) is 12.1 Å². The van der Waals surface area contributed by atoms with E-state index in [9.17, 15) is 0 Å².